The number of rotatable bonds is 5. The predicted molar refractivity (Wildman–Crippen MR) is 119 cm³/mol. The van der Waals surface area contributed by atoms with Crippen molar-refractivity contribution in [3.05, 3.63) is 41.4 Å². The van der Waals surface area contributed by atoms with Crippen LogP contribution >= 0.6 is 11.6 Å². The largest absolute Gasteiger partial charge is 0.458 e. The number of carbonyl (C=O) groups excluding carboxylic acids is 2. The smallest absolute Gasteiger partial charge is 0.329 e. The van der Waals surface area contributed by atoms with E-state index < -0.39 is 39.6 Å². The van der Waals surface area contributed by atoms with Gasteiger partial charge in [0.2, 0.25) is 15.9 Å². The van der Waals surface area contributed by atoms with Crippen LogP contribution in [0, 0.1) is 0 Å². The van der Waals surface area contributed by atoms with Crippen LogP contribution in [-0.4, -0.2) is 60.8 Å². The molecule has 0 aliphatic carbocycles. The van der Waals surface area contributed by atoms with Crippen molar-refractivity contribution in [1.82, 2.24) is 9.21 Å². The molecule has 2 atom stereocenters. The summed E-state index contributed by atoms with van der Waals surface area (Å²) in [5, 5.41) is 2.12. The molecule has 1 fully saturated rings. The van der Waals surface area contributed by atoms with Gasteiger partial charge >= 0.3 is 5.97 Å². The van der Waals surface area contributed by atoms with Crippen LogP contribution in [0.15, 0.2) is 41.3 Å². The Hall–Kier alpha value is -2.16. The molecule has 3 rings (SSSR count). The average Bonchev–Trinajstić information content (AvgIpc) is 3.05. The maximum absolute atomic E-state index is 13.2. The summed E-state index contributed by atoms with van der Waals surface area (Å²) in [7, 11) is -2.52. The molecule has 1 aliphatic rings. The first-order valence-electron chi connectivity index (χ1n) is 10.0. The highest BCUT2D eigenvalue weighted by Crippen LogP contribution is 2.28. The molecule has 31 heavy (non-hydrogen) atoms. The van der Waals surface area contributed by atoms with Crippen LogP contribution in [0.3, 0.4) is 0 Å². The highest BCUT2D eigenvalue weighted by atomic mass is 35.5. The van der Waals surface area contributed by atoms with Gasteiger partial charge in [0.1, 0.15) is 17.7 Å². The van der Waals surface area contributed by atoms with Gasteiger partial charge in [-0.3, -0.25) is 4.79 Å². The fourth-order valence-corrected chi connectivity index (χ4v) is 5.17. The lowest BCUT2D eigenvalue weighted by atomic mass is 10.1. The molecule has 0 spiro atoms. The first-order valence-corrected chi connectivity index (χ1v) is 11.8. The van der Waals surface area contributed by atoms with Gasteiger partial charge in [-0.15, -0.1) is 0 Å². The Morgan fingerprint density at radius 3 is 2.45 bits per heavy atom. The van der Waals surface area contributed by atoms with Crippen LogP contribution in [0.5, 0.6) is 0 Å². The second kappa shape index (κ2) is 8.41. The minimum atomic E-state index is -3.92. The minimum absolute atomic E-state index is 0.0938. The molecular weight excluding hydrogens is 440 g/mol. The number of nitrogens with zero attached hydrogens (tertiary/aromatic N) is 2. The Labute approximate surface area is 188 Å². The summed E-state index contributed by atoms with van der Waals surface area (Å²) in [6.45, 7) is 7.13. The zero-order chi connectivity index (χ0) is 23.1. The van der Waals surface area contributed by atoms with Crippen LogP contribution in [0.1, 0.15) is 34.1 Å². The molecule has 2 aromatic carbocycles. The first-order chi connectivity index (χ1) is 14.3. The van der Waals surface area contributed by atoms with Crippen LogP contribution in [0.4, 0.5) is 0 Å². The summed E-state index contributed by atoms with van der Waals surface area (Å²) in [6, 6.07) is 8.29. The zero-order valence-corrected chi connectivity index (χ0v) is 19.8. The number of likely N-dealkylation sites (N-methyl/N-ethyl adjacent to an activating group) is 1. The van der Waals surface area contributed by atoms with Crippen molar-refractivity contribution < 1.29 is 22.7 Å². The van der Waals surface area contributed by atoms with E-state index in [1.807, 2.05) is 0 Å². The maximum atomic E-state index is 13.2. The number of amides is 1. The van der Waals surface area contributed by atoms with E-state index in [0.717, 1.165) is 15.1 Å². The molecule has 7 nitrogen and oxygen atoms in total. The Bertz CT molecular complexity index is 1130. The fraction of sp³-hybridized carbons (Fsp3) is 0.455. The number of esters is 1. The molecule has 0 unspecified atom stereocenters. The van der Waals surface area contributed by atoms with Crippen molar-refractivity contribution in [2.45, 2.75) is 56.7 Å². The van der Waals surface area contributed by atoms with Gasteiger partial charge in [-0.1, -0.05) is 23.7 Å². The molecule has 1 saturated heterocycles. The minimum Gasteiger partial charge on any atom is -0.458 e. The maximum Gasteiger partial charge on any atom is 0.329 e. The third-order valence-corrected chi connectivity index (χ3v) is 7.41. The highest BCUT2D eigenvalue weighted by molar-refractivity contribution is 7.89. The number of halogens is 1. The number of sulfonamides is 1. The number of likely N-dealkylation sites (tertiary alicyclic amines) is 1. The van der Waals surface area contributed by atoms with Crippen molar-refractivity contribution in [3.63, 3.8) is 0 Å². The van der Waals surface area contributed by atoms with Gasteiger partial charge < -0.3 is 9.64 Å². The van der Waals surface area contributed by atoms with Crippen LogP contribution in [0.25, 0.3) is 10.8 Å². The molecule has 1 heterocycles. The zero-order valence-electron chi connectivity index (χ0n) is 18.3. The second-order valence-corrected chi connectivity index (χ2v) is 11.2. The van der Waals surface area contributed by atoms with Gasteiger partial charge in [0, 0.05) is 18.6 Å². The quantitative estimate of drug-likeness (QED) is 0.630. The SMILES string of the molecule is C[C@H](C(=O)OC(C)(C)C)N1CC[C@H](N(C)S(=O)(=O)c2ccc3cc(Cl)ccc3c2)C1=O. The van der Waals surface area contributed by atoms with E-state index in [1.54, 1.807) is 58.0 Å². The summed E-state index contributed by atoms with van der Waals surface area (Å²) in [4.78, 5) is 26.8. The van der Waals surface area contributed by atoms with Gasteiger partial charge in [0.25, 0.3) is 0 Å². The number of fused-ring (bicyclic) bond motifs is 1. The Balaban J connectivity index is 1.81. The van der Waals surface area contributed by atoms with Crippen molar-refractivity contribution in [1.29, 1.82) is 0 Å². The molecule has 0 N–H and O–H groups in total. The lowest BCUT2D eigenvalue weighted by Crippen LogP contribution is -2.48. The van der Waals surface area contributed by atoms with Gasteiger partial charge in [-0.05, 0) is 69.2 Å². The van der Waals surface area contributed by atoms with Gasteiger partial charge in [0.15, 0.2) is 0 Å². The molecule has 2 aromatic rings. The average molecular weight is 467 g/mol. The number of hydrogen-bond donors (Lipinski definition) is 0. The number of benzene rings is 2. The Morgan fingerprint density at radius 2 is 1.81 bits per heavy atom. The summed E-state index contributed by atoms with van der Waals surface area (Å²) in [5.74, 6) is -0.919. The fourth-order valence-electron chi connectivity index (χ4n) is 3.61. The van der Waals surface area contributed by atoms with E-state index in [1.165, 1.54) is 18.0 Å². The van der Waals surface area contributed by atoms with Crippen molar-refractivity contribution in [2.24, 2.45) is 0 Å². The third-order valence-electron chi connectivity index (χ3n) is 5.32. The van der Waals surface area contributed by atoms with Crippen LogP contribution in [0.2, 0.25) is 5.02 Å². The molecule has 0 saturated carbocycles. The molecule has 9 heteroatoms. The monoisotopic (exact) mass is 466 g/mol. The predicted octanol–water partition coefficient (Wildman–Crippen LogP) is 3.44. The third kappa shape index (κ3) is 4.86. The number of ether oxygens (including phenoxy) is 1. The molecular formula is C22H27ClN2O5S. The summed E-state index contributed by atoms with van der Waals surface area (Å²) >= 11 is 6.00. The van der Waals surface area contributed by atoms with Gasteiger partial charge in [-0.2, -0.15) is 4.31 Å². The summed E-state index contributed by atoms with van der Waals surface area (Å²) in [5.41, 5.74) is -0.673. The van der Waals surface area contributed by atoms with Crippen molar-refractivity contribution in [2.75, 3.05) is 13.6 Å². The van der Waals surface area contributed by atoms with E-state index in [0.29, 0.717) is 11.4 Å². The second-order valence-electron chi connectivity index (χ2n) is 8.72. The lowest BCUT2D eigenvalue weighted by Gasteiger charge is -2.28. The van der Waals surface area contributed by atoms with Gasteiger partial charge in [0.05, 0.1) is 4.90 Å². The lowest BCUT2D eigenvalue weighted by molar-refractivity contribution is -0.163. The summed E-state index contributed by atoms with van der Waals surface area (Å²) < 4.78 is 32.9. The van der Waals surface area contributed by atoms with E-state index in [2.05, 4.69) is 0 Å². The number of hydrogen-bond acceptors (Lipinski definition) is 5. The molecule has 1 amide bonds. The number of carbonyl (C=O) groups is 2. The standard InChI is InChI=1S/C22H27ClN2O5S/c1-14(21(27)30-22(2,3)4)25-11-10-19(20(25)26)24(5)31(28,29)18-9-7-15-12-17(23)8-6-16(15)13-18/h6-9,12-14,19H,10-11H2,1-5H3/t14-,19+/m1/s1. The van der Waals surface area contributed by atoms with Crippen molar-refractivity contribution >= 4 is 44.3 Å². The Kier molecular flexibility index (Phi) is 6.37. The molecule has 0 bridgehead atoms. The van der Waals surface area contributed by atoms with Crippen LogP contribution < -0.4 is 0 Å². The van der Waals surface area contributed by atoms with E-state index >= 15 is 0 Å². The Morgan fingerprint density at radius 1 is 1.19 bits per heavy atom. The normalized spacial score (nSPS) is 18.6. The molecule has 0 aromatic heterocycles. The first kappa shape index (κ1) is 23.5. The highest BCUT2D eigenvalue weighted by Gasteiger charge is 2.43. The van der Waals surface area contributed by atoms with Gasteiger partial charge in [-0.25, -0.2) is 13.2 Å². The van der Waals surface area contributed by atoms with Crippen LogP contribution in [-0.2, 0) is 24.3 Å². The molecule has 0 radical (unpaired) electrons. The van der Waals surface area contributed by atoms with E-state index in [-0.39, 0.29) is 11.4 Å². The summed E-state index contributed by atoms with van der Waals surface area (Å²) in [6.07, 6.45) is 0.297. The van der Waals surface area contributed by atoms with Crippen molar-refractivity contribution in [3.8, 4) is 0 Å². The van der Waals surface area contributed by atoms with E-state index in [4.69, 9.17) is 16.3 Å². The molecule has 168 valence electrons. The topological polar surface area (TPSA) is 84.0 Å². The van der Waals surface area contributed by atoms with E-state index in [9.17, 15) is 18.0 Å². The molecule has 1 aliphatic heterocycles.